The van der Waals surface area contributed by atoms with Gasteiger partial charge in [0.25, 0.3) is 10.0 Å². The Morgan fingerprint density at radius 1 is 1.12 bits per heavy atom. The van der Waals surface area contributed by atoms with Gasteiger partial charge in [-0.3, -0.25) is 9.10 Å². The molecule has 0 aliphatic rings. The van der Waals surface area contributed by atoms with Gasteiger partial charge in [-0.15, -0.1) is 0 Å². The summed E-state index contributed by atoms with van der Waals surface area (Å²) in [5, 5.41) is 3.02. The lowest BCUT2D eigenvalue weighted by Gasteiger charge is -2.25. The van der Waals surface area contributed by atoms with Crippen LogP contribution in [0.1, 0.15) is 25.3 Å². The standard InChI is InChI=1S/C19H23ClN2O3S/c1-3-4-13-21-19(23)14-22(18-8-6-5-7-17(18)20)26(24,25)16-11-9-15(2)10-12-16/h5-12H,3-4,13-14H2,1-2H3,(H,21,23). The molecule has 2 aromatic carbocycles. The number of rotatable bonds is 8. The lowest BCUT2D eigenvalue weighted by Crippen LogP contribution is -2.41. The quantitative estimate of drug-likeness (QED) is 0.693. The molecule has 2 rings (SSSR count). The molecule has 0 saturated carbocycles. The number of carbonyl (C=O) groups is 1. The molecule has 0 bridgehead atoms. The van der Waals surface area contributed by atoms with E-state index in [0.717, 1.165) is 22.7 Å². The number of hydrogen-bond donors (Lipinski definition) is 1. The highest BCUT2D eigenvalue weighted by atomic mass is 35.5. The van der Waals surface area contributed by atoms with E-state index in [1.165, 1.54) is 12.1 Å². The normalized spacial score (nSPS) is 11.2. The maximum absolute atomic E-state index is 13.1. The minimum atomic E-state index is -3.93. The highest BCUT2D eigenvalue weighted by Crippen LogP contribution is 2.30. The van der Waals surface area contributed by atoms with Crippen LogP contribution in [0.4, 0.5) is 5.69 Å². The summed E-state index contributed by atoms with van der Waals surface area (Å²) in [5.74, 6) is -0.367. The molecular weight excluding hydrogens is 372 g/mol. The van der Waals surface area contributed by atoms with Crippen LogP contribution in [0, 0.1) is 6.92 Å². The molecule has 26 heavy (non-hydrogen) atoms. The Morgan fingerprint density at radius 2 is 1.77 bits per heavy atom. The first kappa shape index (κ1) is 20.3. The Hall–Kier alpha value is -2.05. The molecule has 0 spiro atoms. The molecule has 7 heteroatoms. The minimum Gasteiger partial charge on any atom is -0.355 e. The summed E-state index contributed by atoms with van der Waals surface area (Å²) in [6.45, 7) is 4.08. The van der Waals surface area contributed by atoms with Crippen molar-refractivity contribution >= 4 is 33.2 Å². The van der Waals surface area contributed by atoms with E-state index in [-0.39, 0.29) is 28.1 Å². The number of para-hydroxylation sites is 1. The van der Waals surface area contributed by atoms with E-state index in [1.807, 2.05) is 13.8 Å². The molecule has 0 fully saturated rings. The molecule has 0 aliphatic heterocycles. The van der Waals surface area contributed by atoms with E-state index in [9.17, 15) is 13.2 Å². The zero-order valence-electron chi connectivity index (χ0n) is 14.9. The molecule has 140 valence electrons. The van der Waals surface area contributed by atoms with Crippen LogP contribution in [0.2, 0.25) is 5.02 Å². The van der Waals surface area contributed by atoms with E-state index in [2.05, 4.69) is 5.32 Å². The van der Waals surface area contributed by atoms with E-state index < -0.39 is 10.0 Å². The molecule has 1 N–H and O–H groups in total. The number of amides is 1. The number of benzene rings is 2. The molecule has 1 amide bonds. The molecule has 0 aliphatic carbocycles. The number of hydrogen-bond acceptors (Lipinski definition) is 3. The molecule has 2 aromatic rings. The van der Waals surface area contributed by atoms with Crippen LogP contribution >= 0.6 is 11.6 Å². The maximum Gasteiger partial charge on any atom is 0.264 e. The molecule has 0 unspecified atom stereocenters. The first-order valence-corrected chi connectivity index (χ1v) is 10.3. The first-order chi connectivity index (χ1) is 12.4. The molecular formula is C19H23ClN2O3S. The summed E-state index contributed by atoms with van der Waals surface area (Å²) >= 11 is 6.21. The fourth-order valence-corrected chi connectivity index (χ4v) is 4.11. The van der Waals surface area contributed by atoms with E-state index >= 15 is 0 Å². The van der Waals surface area contributed by atoms with Crippen LogP contribution in [0.5, 0.6) is 0 Å². The Balaban J connectivity index is 2.38. The Bertz CT molecular complexity index is 851. The zero-order chi connectivity index (χ0) is 19.2. The van der Waals surface area contributed by atoms with Crippen molar-refractivity contribution in [3.05, 3.63) is 59.1 Å². The predicted octanol–water partition coefficient (Wildman–Crippen LogP) is 3.76. The van der Waals surface area contributed by atoms with Gasteiger partial charge in [0.05, 0.1) is 15.6 Å². The number of carbonyl (C=O) groups excluding carboxylic acids is 1. The predicted molar refractivity (Wildman–Crippen MR) is 105 cm³/mol. The van der Waals surface area contributed by atoms with Crippen LogP contribution in [0.15, 0.2) is 53.4 Å². The second kappa shape index (κ2) is 9.05. The highest BCUT2D eigenvalue weighted by Gasteiger charge is 2.28. The number of halogens is 1. The van der Waals surface area contributed by atoms with Gasteiger partial charge in [-0.2, -0.15) is 0 Å². The highest BCUT2D eigenvalue weighted by molar-refractivity contribution is 7.92. The third-order valence-corrected chi connectivity index (χ3v) is 5.96. The second-order valence-electron chi connectivity index (χ2n) is 5.98. The summed E-state index contributed by atoms with van der Waals surface area (Å²) in [4.78, 5) is 12.4. The van der Waals surface area contributed by atoms with Gasteiger partial charge in [0.15, 0.2) is 0 Å². The summed E-state index contributed by atoms with van der Waals surface area (Å²) in [7, 11) is -3.93. The first-order valence-electron chi connectivity index (χ1n) is 8.47. The van der Waals surface area contributed by atoms with Crippen molar-refractivity contribution in [1.82, 2.24) is 5.32 Å². The van der Waals surface area contributed by atoms with Gasteiger partial charge in [0.1, 0.15) is 6.54 Å². The van der Waals surface area contributed by atoms with Gasteiger partial charge in [0, 0.05) is 6.54 Å². The van der Waals surface area contributed by atoms with E-state index in [4.69, 9.17) is 11.6 Å². The average molecular weight is 395 g/mol. The third-order valence-electron chi connectivity index (χ3n) is 3.87. The molecule has 5 nitrogen and oxygen atoms in total. The fourth-order valence-electron chi connectivity index (χ4n) is 2.38. The van der Waals surface area contributed by atoms with Gasteiger partial charge < -0.3 is 5.32 Å². The minimum absolute atomic E-state index is 0.115. The lowest BCUT2D eigenvalue weighted by atomic mass is 10.2. The van der Waals surface area contributed by atoms with Crippen LogP contribution in [-0.4, -0.2) is 27.4 Å². The topological polar surface area (TPSA) is 66.5 Å². The van der Waals surface area contributed by atoms with Gasteiger partial charge >= 0.3 is 0 Å². The van der Waals surface area contributed by atoms with Crippen molar-refractivity contribution < 1.29 is 13.2 Å². The molecule has 0 atom stereocenters. The number of sulfonamides is 1. The van der Waals surface area contributed by atoms with Gasteiger partial charge in [-0.1, -0.05) is 54.8 Å². The number of anilines is 1. The number of aryl methyl sites for hydroxylation is 1. The summed E-state index contributed by atoms with van der Waals surface area (Å²) in [6.07, 6.45) is 1.78. The summed E-state index contributed by atoms with van der Waals surface area (Å²) in [6, 6.07) is 13.1. The SMILES string of the molecule is CCCCNC(=O)CN(c1ccccc1Cl)S(=O)(=O)c1ccc(C)cc1. The Morgan fingerprint density at radius 3 is 2.38 bits per heavy atom. The zero-order valence-corrected chi connectivity index (χ0v) is 16.5. The lowest BCUT2D eigenvalue weighted by molar-refractivity contribution is -0.119. The Labute approximate surface area is 160 Å². The van der Waals surface area contributed by atoms with Gasteiger partial charge in [0.2, 0.25) is 5.91 Å². The number of unbranched alkanes of at least 4 members (excludes halogenated alkanes) is 1. The summed E-state index contributed by atoms with van der Waals surface area (Å²) in [5.41, 5.74) is 1.23. The van der Waals surface area contributed by atoms with Crippen molar-refractivity contribution in [2.75, 3.05) is 17.4 Å². The number of nitrogens with zero attached hydrogens (tertiary/aromatic N) is 1. The molecule has 0 heterocycles. The largest absolute Gasteiger partial charge is 0.355 e. The van der Waals surface area contributed by atoms with Crippen molar-refractivity contribution in [3.8, 4) is 0 Å². The van der Waals surface area contributed by atoms with Crippen LogP contribution in [-0.2, 0) is 14.8 Å². The van der Waals surface area contributed by atoms with Crippen molar-refractivity contribution in [2.24, 2.45) is 0 Å². The smallest absolute Gasteiger partial charge is 0.264 e. The van der Waals surface area contributed by atoms with E-state index in [1.54, 1.807) is 36.4 Å². The van der Waals surface area contributed by atoms with Crippen LogP contribution < -0.4 is 9.62 Å². The van der Waals surface area contributed by atoms with Crippen molar-refractivity contribution in [1.29, 1.82) is 0 Å². The second-order valence-corrected chi connectivity index (χ2v) is 8.25. The molecule has 0 saturated heterocycles. The molecule has 0 aromatic heterocycles. The van der Waals surface area contributed by atoms with E-state index in [0.29, 0.717) is 6.54 Å². The monoisotopic (exact) mass is 394 g/mol. The van der Waals surface area contributed by atoms with Gasteiger partial charge in [-0.05, 0) is 37.6 Å². The van der Waals surface area contributed by atoms with Crippen LogP contribution in [0.3, 0.4) is 0 Å². The summed E-state index contributed by atoms with van der Waals surface area (Å²) < 4.78 is 27.4. The third kappa shape index (κ3) is 4.99. The van der Waals surface area contributed by atoms with Crippen molar-refractivity contribution in [2.45, 2.75) is 31.6 Å². The maximum atomic E-state index is 13.1. The fraction of sp³-hybridized carbons (Fsp3) is 0.316. The molecule has 0 radical (unpaired) electrons. The van der Waals surface area contributed by atoms with Crippen molar-refractivity contribution in [3.63, 3.8) is 0 Å². The average Bonchev–Trinajstić information content (AvgIpc) is 2.61. The van der Waals surface area contributed by atoms with Crippen LogP contribution in [0.25, 0.3) is 0 Å². The van der Waals surface area contributed by atoms with Gasteiger partial charge in [-0.25, -0.2) is 8.42 Å². The Kier molecular flexibility index (Phi) is 7.06. The number of nitrogens with one attached hydrogen (secondary N) is 1.